The minimum atomic E-state index is 0.265. The first-order chi connectivity index (χ1) is 9.28. The average molecular weight is 274 g/mol. The molecule has 3 heteroatoms. The Labute approximate surface area is 118 Å². The highest BCUT2D eigenvalue weighted by atomic mass is 35.5. The van der Waals surface area contributed by atoms with Crippen LogP contribution in [0.15, 0.2) is 42.5 Å². The normalized spacial score (nSPS) is 16.6. The van der Waals surface area contributed by atoms with Crippen LogP contribution in [0.2, 0.25) is 5.02 Å². The van der Waals surface area contributed by atoms with E-state index in [0.717, 1.165) is 35.1 Å². The van der Waals surface area contributed by atoms with Gasteiger partial charge in [-0.1, -0.05) is 43.1 Å². The van der Waals surface area contributed by atoms with Gasteiger partial charge >= 0.3 is 0 Å². The largest absolute Gasteiger partial charge is 0.455 e. The Hall–Kier alpha value is -1.67. The Kier molecular flexibility index (Phi) is 3.34. The number of rotatable bonds is 2. The second kappa shape index (κ2) is 5.14. The molecule has 2 nitrogen and oxygen atoms in total. The van der Waals surface area contributed by atoms with Gasteiger partial charge in [-0.2, -0.15) is 0 Å². The van der Waals surface area contributed by atoms with Crippen LogP contribution < -0.4 is 10.1 Å². The summed E-state index contributed by atoms with van der Waals surface area (Å²) in [6.07, 6.45) is 2.17. The van der Waals surface area contributed by atoms with Crippen molar-refractivity contribution in [2.45, 2.75) is 25.8 Å². The molecule has 1 atom stereocenters. The predicted molar refractivity (Wildman–Crippen MR) is 79.2 cm³/mol. The van der Waals surface area contributed by atoms with Gasteiger partial charge in [0.05, 0.1) is 11.7 Å². The van der Waals surface area contributed by atoms with Crippen molar-refractivity contribution in [3.8, 4) is 11.5 Å². The standard InChI is InChI=1S/C16H16ClNO/c1-2-5-13-12-6-3-4-7-15(12)19-16-9-8-11(17)10-14(16)18-13/h3-4,6-10,13,18H,2,5H2,1H3. The van der Waals surface area contributed by atoms with Crippen molar-refractivity contribution in [3.63, 3.8) is 0 Å². The van der Waals surface area contributed by atoms with Gasteiger partial charge in [-0.05, 0) is 30.7 Å². The highest BCUT2D eigenvalue weighted by Gasteiger charge is 2.21. The number of benzene rings is 2. The first-order valence-electron chi connectivity index (χ1n) is 6.61. The Morgan fingerprint density at radius 3 is 2.84 bits per heavy atom. The van der Waals surface area contributed by atoms with Crippen molar-refractivity contribution in [1.29, 1.82) is 0 Å². The molecule has 0 amide bonds. The lowest BCUT2D eigenvalue weighted by molar-refractivity contribution is 0.480. The lowest BCUT2D eigenvalue weighted by Crippen LogP contribution is -2.09. The molecule has 0 saturated heterocycles. The van der Waals surface area contributed by atoms with Crippen LogP contribution in [0.1, 0.15) is 31.4 Å². The van der Waals surface area contributed by atoms with Gasteiger partial charge in [0.25, 0.3) is 0 Å². The Morgan fingerprint density at radius 1 is 1.16 bits per heavy atom. The predicted octanol–water partition coefficient (Wildman–Crippen LogP) is 5.40. The van der Waals surface area contributed by atoms with Gasteiger partial charge in [-0.15, -0.1) is 0 Å². The van der Waals surface area contributed by atoms with E-state index in [1.807, 2.05) is 30.3 Å². The molecule has 19 heavy (non-hydrogen) atoms. The van der Waals surface area contributed by atoms with Crippen LogP contribution in [0.5, 0.6) is 11.5 Å². The van der Waals surface area contributed by atoms with Crippen molar-refractivity contribution >= 4 is 17.3 Å². The van der Waals surface area contributed by atoms with Crippen LogP contribution in [0, 0.1) is 0 Å². The van der Waals surface area contributed by atoms with Crippen LogP contribution >= 0.6 is 11.6 Å². The summed E-state index contributed by atoms with van der Waals surface area (Å²) in [5.41, 5.74) is 2.17. The molecule has 1 heterocycles. The molecule has 2 aromatic rings. The molecule has 0 saturated carbocycles. The number of anilines is 1. The third-order valence-corrected chi connectivity index (χ3v) is 3.60. The summed E-state index contributed by atoms with van der Waals surface area (Å²) in [4.78, 5) is 0. The summed E-state index contributed by atoms with van der Waals surface area (Å²) in [6.45, 7) is 2.19. The zero-order valence-electron chi connectivity index (χ0n) is 10.8. The topological polar surface area (TPSA) is 21.3 Å². The quantitative estimate of drug-likeness (QED) is 0.791. The third-order valence-electron chi connectivity index (χ3n) is 3.36. The fraction of sp³-hybridized carbons (Fsp3) is 0.250. The fourth-order valence-electron chi connectivity index (χ4n) is 2.47. The van der Waals surface area contributed by atoms with E-state index in [0.29, 0.717) is 0 Å². The van der Waals surface area contributed by atoms with E-state index >= 15 is 0 Å². The number of nitrogens with one attached hydrogen (secondary N) is 1. The number of fused-ring (bicyclic) bond motifs is 2. The summed E-state index contributed by atoms with van der Waals surface area (Å²) in [5.74, 6) is 1.75. The highest BCUT2D eigenvalue weighted by molar-refractivity contribution is 6.30. The van der Waals surface area contributed by atoms with Crippen LogP contribution in [0.25, 0.3) is 0 Å². The monoisotopic (exact) mass is 273 g/mol. The van der Waals surface area contributed by atoms with Crippen molar-refractivity contribution in [1.82, 2.24) is 0 Å². The summed E-state index contributed by atoms with van der Waals surface area (Å²) in [7, 11) is 0. The Balaban J connectivity index is 2.09. The van der Waals surface area contributed by atoms with Crippen LogP contribution in [-0.4, -0.2) is 0 Å². The van der Waals surface area contributed by atoms with Gasteiger partial charge in [0, 0.05) is 10.6 Å². The minimum absolute atomic E-state index is 0.265. The van der Waals surface area contributed by atoms with Crippen molar-refractivity contribution in [2.75, 3.05) is 5.32 Å². The molecule has 3 rings (SSSR count). The maximum absolute atomic E-state index is 6.07. The van der Waals surface area contributed by atoms with Gasteiger partial charge < -0.3 is 10.1 Å². The van der Waals surface area contributed by atoms with Gasteiger partial charge in [0.1, 0.15) is 5.75 Å². The number of halogens is 1. The maximum atomic E-state index is 6.07. The lowest BCUT2D eigenvalue weighted by Gasteiger charge is -2.18. The molecule has 2 aromatic carbocycles. The van der Waals surface area contributed by atoms with Gasteiger partial charge in [0.2, 0.25) is 0 Å². The van der Waals surface area contributed by atoms with Crippen molar-refractivity contribution in [2.24, 2.45) is 0 Å². The van der Waals surface area contributed by atoms with Crippen molar-refractivity contribution in [3.05, 3.63) is 53.1 Å². The van der Waals surface area contributed by atoms with E-state index in [-0.39, 0.29) is 6.04 Å². The molecule has 0 bridgehead atoms. The Bertz CT molecular complexity index is 597. The van der Waals surface area contributed by atoms with E-state index in [9.17, 15) is 0 Å². The molecule has 98 valence electrons. The summed E-state index contributed by atoms with van der Waals surface area (Å²) in [6, 6.07) is 14.1. The smallest absolute Gasteiger partial charge is 0.150 e. The zero-order valence-corrected chi connectivity index (χ0v) is 11.6. The average Bonchev–Trinajstić information content (AvgIpc) is 2.56. The first kappa shape index (κ1) is 12.4. The molecule has 1 aliphatic rings. The van der Waals surface area contributed by atoms with E-state index < -0.39 is 0 Å². The van der Waals surface area contributed by atoms with E-state index in [4.69, 9.17) is 16.3 Å². The number of para-hydroxylation sites is 1. The fourth-order valence-corrected chi connectivity index (χ4v) is 2.64. The van der Waals surface area contributed by atoms with E-state index in [1.54, 1.807) is 0 Å². The molecular weight excluding hydrogens is 258 g/mol. The molecule has 1 unspecified atom stereocenters. The Morgan fingerprint density at radius 2 is 2.00 bits per heavy atom. The lowest BCUT2D eigenvalue weighted by atomic mass is 10.0. The maximum Gasteiger partial charge on any atom is 0.150 e. The number of hydrogen-bond acceptors (Lipinski definition) is 2. The van der Waals surface area contributed by atoms with Crippen LogP contribution in [0.4, 0.5) is 5.69 Å². The number of hydrogen-bond donors (Lipinski definition) is 1. The molecule has 1 aliphatic heterocycles. The minimum Gasteiger partial charge on any atom is -0.455 e. The van der Waals surface area contributed by atoms with E-state index in [1.165, 1.54) is 5.56 Å². The van der Waals surface area contributed by atoms with Gasteiger partial charge in [-0.25, -0.2) is 0 Å². The van der Waals surface area contributed by atoms with Gasteiger partial charge in [0.15, 0.2) is 5.75 Å². The van der Waals surface area contributed by atoms with Crippen LogP contribution in [0.3, 0.4) is 0 Å². The number of ether oxygens (including phenoxy) is 1. The molecule has 0 aromatic heterocycles. The van der Waals surface area contributed by atoms with E-state index in [2.05, 4.69) is 24.4 Å². The molecule has 0 aliphatic carbocycles. The molecule has 1 N–H and O–H groups in total. The first-order valence-corrected chi connectivity index (χ1v) is 6.98. The van der Waals surface area contributed by atoms with Gasteiger partial charge in [-0.3, -0.25) is 0 Å². The molecule has 0 fully saturated rings. The second-order valence-corrected chi connectivity index (χ2v) is 5.20. The molecule has 0 radical (unpaired) electrons. The van der Waals surface area contributed by atoms with Crippen LogP contribution in [-0.2, 0) is 0 Å². The molecular formula is C16H16ClNO. The summed E-state index contributed by atoms with van der Waals surface area (Å²) < 4.78 is 6.01. The molecule has 0 spiro atoms. The summed E-state index contributed by atoms with van der Waals surface area (Å²) >= 11 is 6.07. The zero-order chi connectivity index (χ0) is 13.2. The summed E-state index contributed by atoms with van der Waals surface area (Å²) in [5, 5.41) is 4.27. The SMILES string of the molecule is CCCC1Nc2cc(Cl)ccc2Oc2ccccc21. The highest BCUT2D eigenvalue weighted by Crippen LogP contribution is 2.42. The third kappa shape index (κ3) is 2.41. The van der Waals surface area contributed by atoms with Crippen molar-refractivity contribution < 1.29 is 4.74 Å². The second-order valence-electron chi connectivity index (χ2n) is 4.77.